The molecule has 23 heavy (non-hydrogen) atoms. The molecule has 1 amide bonds. The molecule has 1 aromatic rings. The summed E-state index contributed by atoms with van der Waals surface area (Å²) >= 11 is 7.05. The number of amides is 1. The Morgan fingerprint density at radius 1 is 1.39 bits per heavy atom. The monoisotopic (exact) mass is 377 g/mol. The topological polar surface area (TPSA) is 89.5 Å². The summed E-state index contributed by atoms with van der Waals surface area (Å²) in [4.78, 5) is 23.2. The number of esters is 1. The standard InChI is InChI=1S/C14H16ClNO5S2/c15-10-2-1-3-11(6-10)16-13(17)7-21-14(18)8-22-12-4-5-23(19,20)9-12/h1-3,6,12H,4-5,7-9H2,(H,16,17)/t12-/m0/s1. The molecule has 1 N–H and O–H groups in total. The second kappa shape index (κ2) is 8.03. The van der Waals surface area contributed by atoms with Crippen LogP contribution in [0.5, 0.6) is 0 Å². The normalized spacial score (nSPS) is 19.3. The average Bonchev–Trinajstić information content (AvgIpc) is 2.82. The van der Waals surface area contributed by atoms with Crippen molar-refractivity contribution in [3.63, 3.8) is 0 Å². The lowest BCUT2D eigenvalue weighted by Crippen LogP contribution is -2.22. The molecule has 1 aliphatic heterocycles. The van der Waals surface area contributed by atoms with Crippen molar-refractivity contribution < 1.29 is 22.7 Å². The van der Waals surface area contributed by atoms with Gasteiger partial charge in [0.05, 0.1) is 17.3 Å². The van der Waals surface area contributed by atoms with E-state index in [1.165, 1.54) is 11.8 Å². The first-order chi connectivity index (χ1) is 10.8. The van der Waals surface area contributed by atoms with Crippen LogP contribution in [0, 0.1) is 0 Å². The highest BCUT2D eigenvalue weighted by molar-refractivity contribution is 8.02. The molecule has 9 heteroatoms. The van der Waals surface area contributed by atoms with Crippen molar-refractivity contribution >= 4 is 50.8 Å². The third-order valence-corrected chi connectivity index (χ3v) is 6.59. The molecule has 1 atom stereocenters. The molecule has 0 saturated carbocycles. The molecular weight excluding hydrogens is 362 g/mol. The Balaban J connectivity index is 1.67. The highest BCUT2D eigenvalue weighted by atomic mass is 35.5. The second-order valence-corrected chi connectivity index (χ2v) is 9.01. The van der Waals surface area contributed by atoms with Crippen LogP contribution in [0.1, 0.15) is 6.42 Å². The zero-order chi connectivity index (χ0) is 16.9. The van der Waals surface area contributed by atoms with Crippen molar-refractivity contribution in [2.45, 2.75) is 11.7 Å². The van der Waals surface area contributed by atoms with E-state index in [-0.39, 0.29) is 22.5 Å². The van der Waals surface area contributed by atoms with E-state index in [4.69, 9.17) is 16.3 Å². The zero-order valence-corrected chi connectivity index (χ0v) is 14.5. The Labute approximate surface area is 143 Å². The van der Waals surface area contributed by atoms with Crippen molar-refractivity contribution in [3.8, 4) is 0 Å². The molecule has 1 saturated heterocycles. The number of hydrogen-bond donors (Lipinski definition) is 1. The molecule has 0 bridgehead atoms. The molecule has 6 nitrogen and oxygen atoms in total. The Morgan fingerprint density at radius 2 is 2.17 bits per heavy atom. The van der Waals surface area contributed by atoms with Gasteiger partial charge in [-0.2, -0.15) is 0 Å². The van der Waals surface area contributed by atoms with Gasteiger partial charge in [-0.3, -0.25) is 9.59 Å². The number of nitrogens with one attached hydrogen (secondary N) is 1. The van der Waals surface area contributed by atoms with Crippen molar-refractivity contribution in [2.24, 2.45) is 0 Å². The molecule has 1 aliphatic rings. The van der Waals surface area contributed by atoms with Crippen LogP contribution in [0.25, 0.3) is 0 Å². The van der Waals surface area contributed by atoms with Gasteiger partial charge in [0.1, 0.15) is 0 Å². The summed E-state index contributed by atoms with van der Waals surface area (Å²) in [5, 5.41) is 2.97. The number of anilines is 1. The van der Waals surface area contributed by atoms with Crippen LogP contribution in [-0.2, 0) is 24.2 Å². The average molecular weight is 378 g/mol. The number of carbonyl (C=O) groups is 2. The molecule has 2 rings (SSSR count). The summed E-state index contributed by atoms with van der Waals surface area (Å²) < 4.78 is 27.5. The van der Waals surface area contributed by atoms with E-state index in [9.17, 15) is 18.0 Å². The second-order valence-electron chi connectivity index (χ2n) is 5.06. The number of carbonyl (C=O) groups excluding carboxylic acids is 2. The fraction of sp³-hybridized carbons (Fsp3) is 0.429. The lowest BCUT2D eigenvalue weighted by molar-refractivity contribution is -0.144. The lowest BCUT2D eigenvalue weighted by Gasteiger charge is -2.08. The number of benzene rings is 1. The maximum atomic E-state index is 11.7. The summed E-state index contributed by atoms with van der Waals surface area (Å²) in [6, 6.07) is 6.62. The Bertz CT molecular complexity index is 692. The largest absolute Gasteiger partial charge is 0.455 e. The van der Waals surface area contributed by atoms with Crippen molar-refractivity contribution in [1.29, 1.82) is 0 Å². The molecule has 0 aliphatic carbocycles. The van der Waals surface area contributed by atoms with E-state index >= 15 is 0 Å². The predicted molar refractivity (Wildman–Crippen MR) is 90.6 cm³/mol. The van der Waals surface area contributed by atoms with Gasteiger partial charge in [-0.05, 0) is 24.6 Å². The summed E-state index contributed by atoms with van der Waals surface area (Å²) in [7, 11) is -2.96. The molecule has 0 unspecified atom stereocenters. The van der Waals surface area contributed by atoms with E-state index < -0.39 is 28.3 Å². The predicted octanol–water partition coefficient (Wildman–Crippen LogP) is 1.74. The van der Waals surface area contributed by atoms with Gasteiger partial charge >= 0.3 is 5.97 Å². The summed E-state index contributed by atoms with van der Waals surface area (Å²) in [5.74, 6) is -0.707. The van der Waals surface area contributed by atoms with Gasteiger partial charge in [0.15, 0.2) is 16.4 Å². The first-order valence-electron chi connectivity index (χ1n) is 6.87. The number of thioether (sulfide) groups is 1. The van der Waals surface area contributed by atoms with Gasteiger partial charge in [0.2, 0.25) is 0 Å². The SMILES string of the molecule is O=C(COC(=O)CS[C@H]1CCS(=O)(=O)C1)Nc1cccc(Cl)c1. The van der Waals surface area contributed by atoms with Crippen LogP contribution in [-0.4, -0.2) is 49.4 Å². The minimum absolute atomic E-state index is 0.0324. The minimum atomic E-state index is -2.96. The van der Waals surface area contributed by atoms with Gasteiger partial charge in [-0.1, -0.05) is 17.7 Å². The first kappa shape index (κ1) is 18.1. The molecule has 1 aromatic carbocycles. The fourth-order valence-electron chi connectivity index (χ4n) is 2.03. The Morgan fingerprint density at radius 3 is 2.83 bits per heavy atom. The molecule has 0 radical (unpaired) electrons. The molecule has 0 aromatic heterocycles. The molecule has 0 spiro atoms. The van der Waals surface area contributed by atoms with Gasteiger partial charge in [-0.25, -0.2) is 8.42 Å². The maximum absolute atomic E-state index is 11.7. The van der Waals surface area contributed by atoms with Gasteiger partial charge in [0, 0.05) is 16.0 Å². The molecular formula is C14H16ClNO5S2. The third-order valence-electron chi connectivity index (χ3n) is 3.10. The van der Waals surface area contributed by atoms with Gasteiger partial charge < -0.3 is 10.1 Å². The van der Waals surface area contributed by atoms with Crippen LogP contribution in [0.2, 0.25) is 5.02 Å². The quantitative estimate of drug-likeness (QED) is 0.759. The van der Waals surface area contributed by atoms with Gasteiger partial charge in [-0.15, -0.1) is 11.8 Å². The van der Waals surface area contributed by atoms with Crippen molar-refractivity contribution in [1.82, 2.24) is 0 Å². The number of halogens is 1. The van der Waals surface area contributed by atoms with Crippen LogP contribution < -0.4 is 5.32 Å². The summed E-state index contributed by atoms with van der Waals surface area (Å²) in [6.45, 7) is -0.394. The van der Waals surface area contributed by atoms with E-state index in [2.05, 4.69) is 5.32 Å². The number of hydrogen-bond acceptors (Lipinski definition) is 6. The highest BCUT2D eigenvalue weighted by Crippen LogP contribution is 2.24. The summed E-state index contributed by atoms with van der Waals surface area (Å²) in [5.41, 5.74) is 0.518. The maximum Gasteiger partial charge on any atom is 0.316 e. The number of sulfone groups is 1. The van der Waals surface area contributed by atoms with Crippen LogP contribution in [0.15, 0.2) is 24.3 Å². The van der Waals surface area contributed by atoms with Crippen LogP contribution in [0.4, 0.5) is 5.69 Å². The summed E-state index contributed by atoms with van der Waals surface area (Å²) in [6.07, 6.45) is 0.551. The first-order valence-corrected chi connectivity index (χ1v) is 10.1. The smallest absolute Gasteiger partial charge is 0.316 e. The molecule has 1 fully saturated rings. The van der Waals surface area contributed by atoms with Crippen LogP contribution >= 0.6 is 23.4 Å². The zero-order valence-electron chi connectivity index (χ0n) is 12.2. The fourth-order valence-corrected chi connectivity index (χ4v) is 5.66. The van der Waals surface area contributed by atoms with E-state index in [0.717, 1.165) is 0 Å². The Kier molecular flexibility index (Phi) is 6.32. The molecule has 1 heterocycles. The minimum Gasteiger partial charge on any atom is -0.455 e. The Hall–Kier alpha value is -1.25. The van der Waals surface area contributed by atoms with Crippen molar-refractivity contribution in [3.05, 3.63) is 29.3 Å². The highest BCUT2D eigenvalue weighted by Gasteiger charge is 2.28. The molecule has 126 valence electrons. The van der Waals surface area contributed by atoms with E-state index in [1.807, 2.05) is 0 Å². The number of ether oxygens (including phenoxy) is 1. The van der Waals surface area contributed by atoms with Crippen LogP contribution in [0.3, 0.4) is 0 Å². The third kappa shape index (κ3) is 6.40. The number of rotatable bonds is 6. The van der Waals surface area contributed by atoms with Gasteiger partial charge in [0.25, 0.3) is 5.91 Å². The lowest BCUT2D eigenvalue weighted by atomic mass is 10.3. The van der Waals surface area contributed by atoms with E-state index in [0.29, 0.717) is 17.1 Å². The van der Waals surface area contributed by atoms with E-state index in [1.54, 1.807) is 24.3 Å². The van der Waals surface area contributed by atoms with Crippen molar-refractivity contribution in [2.75, 3.05) is 29.2 Å².